The number of aromatic nitrogens is 2. The van der Waals surface area contributed by atoms with Gasteiger partial charge in [-0.3, -0.25) is 0 Å². The summed E-state index contributed by atoms with van der Waals surface area (Å²) in [6, 6.07) is 9.10. The first-order chi connectivity index (χ1) is 9.90. The zero-order valence-corrected chi connectivity index (χ0v) is 12.1. The van der Waals surface area contributed by atoms with E-state index in [-0.39, 0.29) is 11.7 Å². The third kappa shape index (κ3) is 2.08. The van der Waals surface area contributed by atoms with E-state index in [0.717, 1.165) is 5.71 Å². The van der Waals surface area contributed by atoms with Gasteiger partial charge in [0.15, 0.2) is 5.69 Å². The smallest absolute Gasteiger partial charge is 0.357 e. The maximum atomic E-state index is 12.2. The van der Waals surface area contributed by atoms with Gasteiger partial charge in [-0.25, -0.2) is 14.4 Å². The third-order valence-corrected chi connectivity index (χ3v) is 3.59. The van der Waals surface area contributed by atoms with Gasteiger partial charge in [-0.05, 0) is 32.9 Å². The fourth-order valence-electron chi connectivity index (χ4n) is 2.13. The average molecular weight is 284 g/mol. The summed E-state index contributed by atoms with van der Waals surface area (Å²) >= 11 is 0. The van der Waals surface area contributed by atoms with Crippen LogP contribution < -0.4 is 16.2 Å². The molecule has 2 aromatic rings. The highest BCUT2D eigenvalue weighted by Crippen LogP contribution is 2.38. The van der Waals surface area contributed by atoms with E-state index in [0.29, 0.717) is 11.4 Å². The minimum Gasteiger partial charge on any atom is -0.464 e. The minimum atomic E-state index is -0.599. The van der Waals surface area contributed by atoms with Crippen molar-refractivity contribution < 1.29 is 4.74 Å². The molecule has 1 aliphatic heterocycles. The molecule has 0 amide bonds. The van der Waals surface area contributed by atoms with Crippen molar-refractivity contribution in [3.63, 3.8) is 0 Å². The fraction of sp³-hybridized carbons (Fsp3) is 0.267. The van der Waals surface area contributed by atoms with Crippen LogP contribution in [0.2, 0.25) is 0 Å². The molecule has 2 heterocycles. The normalized spacial score (nSPS) is 15.9. The highest BCUT2D eigenvalue weighted by atomic mass is 16.5. The summed E-state index contributed by atoms with van der Waals surface area (Å²) in [6.45, 7) is 5.60. The molecule has 1 aromatic heterocycles. The summed E-state index contributed by atoms with van der Waals surface area (Å²) in [6.07, 6.45) is 0. The van der Waals surface area contributed by atoms with Gasteiger partial charge in [-0.2, -0.15) is 4.98 Å². The zero-order valence-electron chi connectivity index (χ0n) is 12.1. The Morgan fingerprint density at radius 3 is 2.57 bits per heavy atom. The molecule has 6 nitrogen and oxygen atoms in total. The SMILES string of the molecule is CC1=Nc2c(nc(=O)n(-c3ccccc3)c2N)OC1(C)C. The van der Waals surface area contributed by atoms with E-state index in [4.69, 9.17) is 10.5 Å². The largest absolute Gasteiger partial charge is 0.464 e. The number of nitrogens with zero attached hydrogens (tertiary/aromatic N) is 3. The number of nitrogen functional groups attached to an aromatic ring is 1. The summed E-state index contributed by atoms with van der Waals surface area (Å²) in [5.41, 5.74) is 6.87. The number of nitrogens with two attached hydrogens (primary N) is 1. The highest BCUT2D eigenvalue weighted by Gasteiger charge is 2.32. The number of aliphatic imine (C=N–C) groups is 1. The summed E-state index contributed by atoms with van der Waals surface area (Å²) in [5, 5.41) is 0. The van der Waals surface area contributed by atoms with Crippen molar-refractivity contribution in [2.24, 2.45) is 4.99 Å². The molecule has 2 N–H and O–H groups in total. The molecule has 0 bridgehead atoms. The van der Waals surface area contributed by atoms with Gasteiger partial charge in [-0.15, -0.1) is 0 Å². The first kappa shape index (κ1) is 13.4. The Labute approximate surface area is 121 Å². The van der Waals surface area contributed by atoms with Gasteiger partial charge < -0.3 is 10.5 Å². The molecular formula is C15H16N4O2. The predicted molar refractivity (Wildman–Crippen MR) is 81.7 cm³/mol. The van der Waals surface area contributed by atoms with Gasteiger partial charge in [0.2, 0.25) is 5.88 Å². The van der Waals surface area contributed by atoms with Crippen LogP contribution in [0.3, 0.4) is 0 Å². The van der Waals surface area contributed by atoms with Crippen LogP contribution in [0, 0.1) is 0 Å². The Morgan fingerprint density at radius 2 is 1.90 bits per heavy atom. The second kappa shape index (κ2) is 4.44. The average Bonchev–Trinajstić information content (AvgIpc) is 2.42. The van der Waals surface area contributed by atoms with E-state index in [2.05, 4.69) is 9.98 Å². The lowest BCUT2D eigenvalue weighted by Gasteiger charge is -2.30. The number of rotatable bonds is 1. The van der Waals surface area contributed by atoms with Crippen molar-refractivity contribution in [3.05, 3.63) is 40.8 Å². The molecule has 0 aliphatic carbocycles. The molecule has 3 rings (SSSR count). The molecule has 108 valence electrons. The number of fused-ring (bicyclic) bond motifs is 1. The van der Waals surface area contributed by atoms with E-state index in [1.807, 2.05) is 39.0 Å². The van der Waals surface area contributed by atoms with Crippen LogP contribution in [0.5, 0.6) is 5.88 Å². The molecule has 0 saturated carbocycles. The molecule has 1 aliphatic rings. The van der Waals surface area contributed by atoms with Crippen LogP contribution in [0.25, 0.3) is 5.69 Å². The van der Waals surface area contributed by atoms with Gasteiger partial charge in [0, 0.05) is 0 Å². The van der Waals surface area contributed by atoms with Crippen molar-refractivity contribution in [1.82, 2.24) is 9.55 Å². The van der Waals surface area contributed by atoms with E-state index in [1.54, 1.807) is 12.1 Å². The summed E-state index contributed by atoms with van der Waals surface area (Å²) in [5.74, 6) is 0.409. The van der Waals surface area contributed by atoms with Crippen LogP contribution >= 0.6 is 0 Å². The highest BCUT2D eigenvalue weighted by molar-refractivity contribution is 5.95. The lowest BCUT2D eigenvalue weighted by molar-refractivity contribution is 0.169. The molecule has 21 heavy (non-hydrogen) atoms. The molecule has 0 radical (unpaired) electrons. The Kier molecular flexibility index (Phi) is 2.83. The number of para-hydroxylation sites is 1. The van der Waals surface area contributed by atoms with Crippen molar-refractivity contribution in [2.45, 2.75) is 26.4 Å². The molecule has 0 atom stereocenters. The standard InChI is InChI=1S/C15H16N4O2/c1-9-15(2,3)21-13-11(17-9)12(16)19(14(20)18-13)10-7-5-4-6-8-10/h4-8H,16H2,1-3H3. The van der Waals surface area contributed by atoms with Gasteiger partial charge in [-0.1, -0.05) is 18.2 Å². The number of anilines is 1. The Bertz CT molecular complexity index is 791. The van der Waals surface area contributed by atoms with E-state index < -0.39 is 11.3 Å². The van der Waals surface area contributed by atoms with Crippen molar-refractivity contribution in [2.75, 3.05) is 5.73 Å². The Balaban J connectivity index is 2.27. The van der Waals surface area contributed by atoms with Crippen LogP contribution in [-0.2, 0) is 0 Å². The maximum absolute atomic E-state index is 12.2. The molecule has 0 spiro atoms. The number of hydrogen-bond acceptors (Lipinski definition) is 5. The summed E-state index contributed by atoms with van der Waals surface area (Å²) in [7, 11) is 0. The second-order valence-electron chi connectivity index (χ2n) is 5.41. The molecular weight excluding hydrogens is 268 g/mol. The van der Waals surface area contributed by atoms with Crippen LogP contribution in [-0.4, -0.2) is 20.9 Å². The first-order valence-electron chi connectivity index (χ1n) is 6.63. The Hall–Kier alpha value is -2.63. The monoisotopic (exact) mass is 284 g/mol. The molecule has 0 saturated heterocycles. The Morgan fingerprint density at radius 1 is 1.24 bits per heavy atom. The quantitative estimate of drug-likeness (QED) is 0.869. The first-order valence-corrected chi connectivity index (χ1v) is 6.63. The minimum absolute atomic E-state index is 0.181. The molecule has 0 unspecified atom stereocenters. The van der Waals surface area contributed by atoms with Gasteiger partial charge in [0.25, 0.3) is 0 Å². The second-order valence-corrected chi connectivity index (χ2v) is 5.41. The van der Waals surface area contributed by atoms with E-state index in [1.165, 1.54) is 4.57 Å². The summed E-state index contributed by atoms with van der Waals surface area (Å²) in [4.78, 5) is 20.7. The topological polar surface area (TPSA) is 82.5 Å². The molecule has 6 heteroatoms. The third-order valence-electron chi connectivity index (χ3n) is 3.59. The number of ether oxygens (including phenoxy) is 1. The van der Waals surface area contributed by atoms with Crippen LogP contribution in [0.4, 0.5) is 11.5 Å². The van der Waals surface area contributed by atoms with Crippen molar-refractivity contribution in [1.29, 1.82) is 0 Å². The maximum Gasteiger partial charge on any atom is 0.357 e. The number of benzene rings is 1. The van der Waals surface area contributed by atoms with Crippen molar-refractivity contribution >= 4 is 17.2 Å². The van der Waals surface area contributed by atoms with Gasteiger partial charge >= 0.3 is 5.69 Å². The van der Waals surface area contributed by atoms with Crippen molar-refractivity contribution in [3.8, 4) is 11.6 Å². The van der Waals surface area contributed by atoms with Crippen LogP contribution in [0.15, 0.2) is 40.1 Å². The zero-order chi connectivity index (χ0) is 15.2. The molecule has 1 aromatic carbocycles. The summed E-state index contributed by atoms with van der Waals surface area (Å²) < 4.78 is 7.08. The van der Waals surface area contributed by atoms with E-state index >= 15 is 0 Å². The van der Waals surface area contributed by atoms with Gasteiger partial charge in [0.1, 0.15) is 11.4 Å². The lowest BCUT2D eigenvalue weighted by atomic mass is 10.0. The van der Waals surface area contributed by atoms with E-state index in [9.17, 15) is 4.79 Å². The molecule has 0 fully saturated rings. The van der Waals surface area contributed by atoms with Gasteiger partial charge in [0.05, 0.1) is 11.4 Å². The van der Waals surface area contributed by atoms with Crippen LogP contribution in [0.1, 0.15) is 20.8 Å². The fourth-order valence-corrected chi connectivity index (χ4v) is 2.13. The lowest BCUT2D eigenvalue weighted by Crippen LogP contribution is -2.40. The predicted octanol–water partition coefficient (Wildman–Crippen LogP) is 2.08. The number of hydrogen-bond donors (Lipinski definition) is 1.